The molecule has 0 bridgehead atoms. The Balaban J connectivity index is 1.88. The highest BCUT2D eigenvalue weighted by molar-refractivity contribution is 7.89. The van der Waals surface area contributed by atoms with Crippen LogP contribution in [0.4, 0.5) is 10.1 Å². The smallest absolute Gasteiger partial charge is 0.241 e. The monoisotopic (exact) mass is 402 g/mol. The van der Waals surface area contributed by atoms with E-state index >= 15 is 0 Å². The third-order valence-corrected chi connectivity index (χ3v) is 6.44. The largest absolute Gasteiger partial charge is 0.369 e. The van der Waals surface area contributed by atoms with Crippen LogP contribution in [0, 0.1) is 17.1 Å². The minimum atomic E-state index is -3.86. The second-order valence-electron chi connectivity index (χ2n) is 6.98. The maximum atomic E-state index is 14.0. The summed E-state index contributed by atoms with van der Waals surface area (Å²) >= 11 is 0. The van der Waals surface area contributed by atoms with Gasteiger partial charge in [-0.25, -0.2) is 17.5 Å². The van der Waals surface area contributed by atoms with Gasteiger partial charge in [-0.3, -0.25) is 0 Å². The number of anilines is 1. The van der Waals surface area contributed by atoms with E-state index in [1.54, 1.807) is 19.1 Å². The van der Waals surface area contributed by atoms with E-state index in [2.05, 4.69) is 21.6 Å². The van der Waals surface area contributed by atoms with Gasteiger partial charge in [-0.1, -0.05) is 6.07 Å². The van der Waals surface area contributed by atoms with Gasteiger partial charge in [0.1, 0.15) is 5.82 Å². The molecule has 2 aromatic carbocycles. The fourth-order valence-corrected chi connectivity index (χ4v) is 4.57. The van der Waals surface area contributed by atoms with Gasteiger partial charge in [0.15, 0.2) is 0 Å². The molecular weight excluding hydrogens is 379 g/mol. The first kappa shape index (κ1) is 20.3. The number of hydrogen-bond acceptors (Lipinski definition) is 5. The van der Waals surface area contributed by atoms with Crippen molar-refractivity contribution in [2.24, 2.45) is 0 Å². The number of sulfonamides is 1. The van der Waals surface area contributed by atoms with E-state index in [-0.39, 0.29) is 10.5 Å². The van der Waals surface area contributed by atoms with Crippen LogP contribution < -0.4 is 9.62 Å². The molecule has 3 rings (SSSR count). The summed E-state index contributed by atoms with van der Waals surface area (Å²) in [5.41, 5.74) is 1.68. The lowest BCUT2D eigenvalue weighted by molar-refractivity contribution is 0.312. The van der Waals surface area contributed by atoms with Crippen LogP contribution in [0.5, 0.6) is 0 Å². The van der Waals surface area contributed by atoms with Crippen molar-refractivity contribution in [2.45, 2.75) is 17.9 Å². The van der Waals surface area contributed by atoms with Crippen LogP contribution in [-0.4, -0.2) is 46.5 Å². The second kappa shape index (κ2) is 8.27. The van der Waals surface area contributed by atoms with Crippen LogP contribution in [0.2, 0.25) is 0 Å². The fraction of sp³-hybridized carbons (Fsp3) is 0.350. The normalized spacial score (nSPS) is 16.6. The van der Waals surface area contributed by atoms with E-state index in [1.165, 1.54) is 30.3 Å². The Morgan fingerprint density at radius 3 is 2.54 bits per heavy atom. The fourth-order valence-electron chi connectivity index (χ4n) is 3.30. The van der Waals surface area contributed by atoms with E-state index in [1.807, 2.05) is 6.07 Å². The molecule has 0 radical (unpaired) electrons. The first-order valence-corrected chi connectivity index (χ1v) is 10.5. The molecule has 1 saturated heterocycles. The van der Waals surface area contributed by atoms with E-state index in [9.17, 15) is 12.8 Å². The van der Waals surface area contributed by atoms with Crippen LogP contribution in [0.3, 0.4) is 0 Å². The second-order valence-corrected chi connectivity index (χ2v) is 8.69. The lowest BCUT2D eigenvalue weighted by Crippen LogP contribution is -2.45. The van der Waals surface area contributed by atoms with Crippen LogP contribution in [0.1, 0.15) is 24.1 Å². The molecular formula is C20H23FN4O2S. The molecule has 1 unspecified atom stereocenters. The van der Waals surface area contributed by atoms with Crippen molar-refractivity contribution in [1.29, 1.82) is 5.26 Å². The number of nitrogens with zero attached hydrogens (tertiary/aromatic N) is 3. The Kier molecular flexibility index (Phi) is 5.98. The Labute approximate surface area is 165 Å². The van der Waals surface area contributed by atoms with E-state index in [0.29, 0.717) is 5.56 Å². The number of likely N-dealkylation sites (N-methyl/N-ethyl adjacent to an activating group) is 1. The average molecular weight is 402 g/mol. The molecule has 0 saturated carbocycles. The molecule has 1 aliphatic heterocycles. The number of piperazine rings is 1. The van der Waals surface area contributed by atoms with E-state index < -0.39 is 21.9 Å². The Morgan fingerprint density at radius 2 is 1.86 bits per heavy atom. The van der Waals surface area contributed by atoms with Crippen molar-refractivity contribution < 1.29 is 12.8 Å². The molecule has 1 aliphatic rings. The Morgan fingerprint density at radius 1 is 1.14 bits per heavy atom. The zero-order chi connectivity index (χ0) is 20.3. The third kappa shape index (κ3) is 4.50. The van der Waals surface area contributed by atoms with Gasteiger partial charge in [0.05, 0.1) is 16.5 Å². The predicted molar refractivity (Wildman–Crippen MR) is 106 cm³/mol. The number of nitrogens with one attached hydrogen (secondary N) is 1. The molecule has 148 valence electrons. The zero-order valence-electron chi connectivity index (χ0n) is 15.9. The third-order valence-electron chi connectivity index (χ3n) is 4.91. The number of nitriles is 1. The predicted octanol–water partition coefficient (Wildman–Crippen LogP) is 2.49. The van der Waals surface area contributed by atoms with Gasteiger partial charge in [0.2, 0.25) is 10.0 Å². The lowest BCUT2D eigenvalue weighted by atomic mass is 10.0. The van der Waals surface area contributed by atoms with Gasteiger partial charge in [0.25, 0.3) is 0 Å². The van der Waals surface area contributed by atoms with Gasteiger partial charge < -0.3 is 9.80 Å². The summed E-state index contributed by atoms with van der Waals surface area (Å²) in [5, 5.41) is 9.00. The molecule has 1 atom stereocenters. The maximum Gasteiger partial charge on any atom is 0.241 e. The summed E-state index contributed by atoms with van der Waals surface area (Å²) < 4.78 is 42.1. The zero-order valence-corrected chi connectivity index (χ0v) is 16.7. The van der Waals surface area contributed by atoms with Gasteiger partial charge in [-0.05, 0) is 55.9 Å². The number of hydrogen-bond donors (Lipinski definition) is 1. The summed E-state index contributed by atoms with van der Waals surface area (Å²) in [6.45, 7) is 5.05. The minimum absolute atomic E-state index is 0.0101. The van der Waals surface area contributed by atoms with Crippen molar-refractivity contribution >= 4 is 15.7 Å². The van der Waals surface area contributed by atoms with Gasteiger partial charge in [-0.2, -0.15) is 5.26 Å². The van der Waals surface area contributed by atoms with Crippen molar-refractivity contribution in [3.63, 3.8) is 0 Å². The molecule has 0 spiro atoms. The lowest BCUT2D eigenvalue weighted by Gasteiger charge is -2.36. The topological polar surface area (TPSA) is 76.4 Å². The summed E-state index contributed by atoms with van der Waals surface area (Å²) in [7, 11) is -1.81. The molecule has 1 N–H and O–H groups in total. The summed E-state index contributed by atoms with van der Waals surface area (Å²) in [4.78, 5) is 4.38. The molecule has 1 heterocycles. The molecule has 28 heavy (non-hydrogen) atoms. The molecule has 8 heteroatoms. The minimum Gasteiger partial charge on any atom is -0.369 e. The quantitative estimate of drug-likeness (QED) is 0.832. The van der Waals surface area contributed by atoms with Crippen molar-refractivity contribution in [3.8, 4) is 6.07 Å². The number of rotatable bonds is 5. The Bertz CT molecular complexity index is 996. The molecule has 1 fully saturated rings. The van der Waals surface area contributed by atoms with Crippen LogP contribution in [0.25, 0.3) is 0 Å². The average Bonchev–Trinajstić information content (AvgIpc) is 2.68. The van der Waals surface area contributed by atoms with Gasteiger partial charge >= 0.3 is 0 Å². The van der Waals surface area contributed by atoms with E-state index in [0.717, 1.165) is 31.9 Å². The van der Waals surface area contributed by atoms with Crippen LogP contribution >= 0.6 is 0 Å². The standard InChI is InChI=1S/C20H23FN4O2S/c1-15(23-28(26,27)18-5-3-4-16(12-18)14-22)19-13-17(21)6-7-20(19)25-10-8-24(2)9-11-25/h3-7,12-13,15,23H,8-11H2,1-2H3. The summed E-state index contributed by atoms with van der Waals surface area (Å²) in [6.07, 6.45) is 0. The van der Waals surface area contributed by atoms with Gasteiger partial charge in [-0.15, -0.1) is 0 Å². The Hall–Kier alpha value is -2.47. The van der Waals surface area contributed by atoms with Crippen molar-refractivity contribution in [1.82, 2.24) is 9.62 Å². The molecule has 0 aromatic heterocycles. The SMILES string of the molecule is CC(NS(=O)(=O)c1cccc(C#N)c1)c1cc(F)ccc1N1CCN(C)CC1. The van der Waals surface area contributed by atoms with Crippen molar-refractivity contribution in [2.75, 3.05) is 38.1 Å². The van der Waals surface area contributed by atoms with Crippen LogP contribution in [0.15, 0.2) is 47.4 Å². The first-order valence-electron chi connectivity index (χ1n) is 9.05. The molecule has 0 amide bonds. The number of halogens is 1. The molecule has 6 nitrogen and oxygen atoms in total. The highest BCUT2D eigenvalue weighted by Crippen LogP contribution is 2.29. The highest BCUT2D eigenvalue weighted by atomic mass is 32.2. The number of benzene rings is 2. The molecule has 0 aliphatic carbocycles. The summed E-state index contributed by atoms with van der Waals surface area (Å²) in [6, 6.07) is 11.6. The van der Waals surface area contributed by atoms with Crippen molar-refractivity contribution in [3.05, 3.63) is 59.4 Å². The van der Waals surface area contributed by atoms with Crippen LogP contribution in [-0.2, 0) is 10.0 Å². The summed E-state index contributed by atoms with van der Waals surface area (Å²) in [5.74, 6) is -0.412. The highest BCUT2D eigenvalue weighted by Gasteiger charge is 2.24. The van der Waals surface area contributed by atoms with Gasteiger partial charge in [0, 0.05) is 37.9 Å². The first-order chi connectivity index (χ1) is 13.3. The van der Waals surface area contributed by atoms with E-state index in [4.69, 9.17) is 5.26 Å². The maximum absolute atomic E-state index is 14.0. The molecule has 2 aromatic rings.